The Labute approximate surface area is 129 Å². The second-order valence-electron chi connectivity index (χ2n) is 3.90. The van der Waals surface area contributed by atoms with Gasteiger partial charge in [0.25, 0.3) is 5.91 Å². The topological polar surface area (TPSA) is 29.1 Å². The van der Waals surface area contributed by atoms with Crippen LogP contribution in [-0.2, 0) is 6.54 Å². The summed E-state index contributed by atoms with van der Waals surface area (Å²) in [7, 11) is 0. The lowest BCUT2D eigenvalue weighted by molar-refractivity contribution is 0.0949. The Morgan fingerprint density at radius 2 is 2.00 bits per heavy atom. The van der Waals surface area contributed by atoms with Gasteiger partial charge in [0.2, 0.25) is 0 Å². The van der Waals surface area contributed by atoms with Crippen molar-refractivity contribution < 1.29 is 9.18 Å². The maximum absolute atomic E-state index is 13.4. The summed E-state index contributed by atoms with van der Waals surface area (Å²) in [5.74, 6) is -0.571. The van der Waals surface area contributed by atoms with Crippen LogP contribution < -0.4 is 5.32 Å². The molecule has 0 bridgehead atoms. The lowest BCUT2D eigenvalue weighted by Crippen LogP contribution is -2.24. The number of halogens is 3. The number of hydrogen-bond donors (Lipinski definition) is 1. The third kappa shape index (κ3) is 3.67. The number of amides is 1. The van der Waals surface area contributed by atoms with E-state index in [0.717, 1.165) is 3.57 Å². The van der Waals surface area contributed by atoms with E-state index in [9.17, 15) is 9.18 Å². The maximum atomic E-state index is 13.4. The zero-order valence-electron chi connectivity index (χ0n) is 9.79. The summed E-state index contributed by atoms with van der Waals surface area (Å²) in [6.45, 7) is 0.157. The number of carbonyl (C=O) groups excluding carboxylic acids is 1. The van der Waals surface area contributed by atoms with E-state index in [2.05, 4.69) is 5.32 Å². The SMILES string of the molecule is O=C(NCc1ccccc1F)c1ccc(Cl)cc1I. The molecule has 19 heavy (non-hydrogen) atoms. The van der Waals surface area contributed by atoms with E-state index in [0.29, 0.717) is 16.1 Å². The molecule has 0 aliphatic heterocycles. The van der Waals surface area contributed by atoms with E-state index < -0.39 is 0 Å². The molecule has 5 heteroatoms. The highest BCUT2D eigenvalue weighted by Crippen LogP contribution is 2.18. The van der Waals surface area contributed by atoms with Crippen LogP contribution in [0, 0.1) is 9.39 Å². The van der Waals surface area contributed by atoms with Gasteiger partial charge in [0.15, 0.2) is 0 Å². The fourth-order valence-electron chi connectivity index (χ4n) is 1.59. The Bertz CT molecular complexity index is 618. The van der Waals surface area contributed by atoms with E-state index >= 15 is 0 Å². The predicted octanol–water partition coefficient (Wildman–Crippen LogP) is 4.01. The molecule has 0 radical (unpaired) electrons. The zero-order chi connectivity index (χ0) is 13.8. The third-order valence-electron chi connectivity index (χ3n) is 2.57. The summed E-state index contributed by atoms with van der Waals surface area (Å²) < 4.78 is 14.2. The van der Waals surface area contributed by atoms with Crippen molar-refractivity contribution in [2.24, 2.45) is 0 Å². The lowest BCUT2D eigenvalue weighted by atomic mass is 10.2. The van der Waals surface area contributed by atoms with Gasteiger partial charge in [-0.15, -0.1) is 0 Å². The second kappa shape index (κ2) is 6.34. The molecule has 0 saturated heterocycles. The summed E-state index contributed by atoms with van der Waals surface area (Å²) in [6, 6.07) is 11.4. The first-order valence-corrected chi connectivity index (χ1v) is 7.00. The largest absolute Gasteiger partial charge is 0.348 e. The highest BCUT2D eigenvalue weighted by Gasteiger charge is 2.10. The van der Waals surface area contributed by atoms with Gasteiger partial charge >= 0.3 is 0 Å². The minimum Gasteiger partial charge on any atom is -0.348 e. The van der Waals surface area contributed by atoms with Gasteiger partial charge < -0.3 is 5.32 Å². The zero-order valence-corrected chi connectivity index (χ0v) is 12.7. The number of carbonyl (C=O) groups is 1. The van der Waals surface area contributed by atoms with Crippen molar-refractivity contribution in [2.75, 3.05) is 0 Å². The molecule has 2 nitrogen and oxygen atoms in total. The lowest BCUT2D eigenvalue weighted by Gasteiger charge is -2.08. The van der Waals surface area contributed by atoms with Crippen LogP contribution in [0.25, 0.3) is 0 Å². The maximum Gasteiger partial charge on any atom is 0.252 e. The summed E-state index contributed by atoms with van der Waals surface area (Å²) in [6.07, 6.45) is 0. The molecule has 0 aliphatic rings. The van der Waals surface area contributed by atoms with E-state index in [-0.39, 0.29) is 18.3 Å². The Hall–Kier alpha value is -1.14. The fourth-order valence-corrected chi connectivity index (χ4v) is 2.70. The van der Waals surface area contributed by atoms with Gasteiger partial charge in [-0.25, -0.2) is 4.39 Å². The van der Waals surface area contributed by atoms with Crippen LogP contribution in [0.1, 0.15) is 15.9 Å². The Balaban J connectivity index is 2.08. The van der Waals surface area contributed by atoms with E-state index in [1.54, 1.807) is 36.4 Å². The van der Waals surface area contributed by atoms with Gasteiger partial charge in [-0.3, -0.25) is 4.79 Å². The normalized spacial score (nSPS) is 10.3. The fraction of sp³-hybridized carbons (Fsp3) is 0.0714. The minimum absolute atomic E-state index is 0.157. The molecule has 0 atom stereocenters. The first-order chi connectivity index (χ1) is 9.08. The highest BCUT2D eigenvalue weighted by molar-refractivity contribution is 14.1. The first-order valence-electron chi connectivity index (χ1n) is 5.54. The standard InChI is InChI=1S/C14H10ClFINO/c15-10-5-6-11(13(17)7-10)14(19)18-8-9-3-1-2-4-12(9)16/h1-7H,8H2,(H,18,19). The third-order valence-corrected chi connectivity index (χ3v) is 3.70. The molecule has 0 heterocycles. The van der Waals surface area contributed by atoms with E-state index in [4.69, 9.17) is 11.6 Å². The molecule has 2 aromatic rings. The van der Waals surface area contributed by atoms with Crippen LogP contribution in [0.15, 0.2) is 42.5 Å². The molecule has 0 aromatic heterocycles. The number of hydrogen-bond acceptors (Lipinski definition) is 1. The van der Waals surface area contributed by atoms with Crippen LogP contribution in [0.5, 0.6) is 0 Å². The molecule has 0 saturated carbocycles. The molecule has 1 N–H and O–H groups in total. The smallest absolute Gasteiger partial charge is 0.252 e. The van der Waals surface area contributed by atoms with Gasteiger partial charge in [0.05, 0.1) is 5.56 Å². The molecule has 1 amide bonds. The van der Waals surface area contributed by atoms with Gasteiger partial charge in [-0.05, 0) is 46.9 Å². The van der Waals surface area contributed by atoms with Crippen molar-refractivity contribution in [3.05, 3.63) is 68.0 Å². The molecule has 0 aliphatic carbocycles. The molecular formula is C14H10ClFINO. The Kier molecular flexibility index (Phi) is 4.76. The molecule has 0 spiro atoms. The second-order valence-corrected chi connectivity index (χ2v) is 5.50. The summed E-state index contributed by atoms with van der Waals surface area (Å²) in [5, 5.41) is 3.27. The highest BCUT2D eigenvalue weighted by atomic mass is 127. The molecule has 2 rings (SSSR count). The summed E-state index contributed by atoms with van der Waals surface area (Å²) >= 11 is 7.87. The van der Waals surface area contributed by atoms with Crippen LogP contribution >= 0.6 is 34.2 Å². The summed E-state index contributed by atoms with van der Waals surface area (Å²) in [4.78, 5) is 12.0. The molecule has 98 valence electrons. The van der Waals surface area contributed by atoms with Crippen molar-refractivity contribution in [3.63, 3.8) is 0 Å². The van der Waals surface area contributed by atoms with Gasteiger partial charge in [0, 0.05) is 20.7 Å². The average molecular weight is 390 g/mol. The Morgan fingerprint density at radius 1 is 1.26 bits per heavy atom. The molecule has 2 aromatic carbocycles. The van der Waals surface area contributed by atoms with Crippen molar-refractivity contribution in [1.82, 2.24) is 5.32 Å². The van der Waals surface area contributed by atoms with Crippen molar-refractivity contribution in [3.8, 4) is 0 Å². The van der Waals surface area contributed by atoms with Crippen LogP contribution in [0.2, 0.25) is 5.02 Å². The molecular weight excluding hydrogens is 380 g/mol. The Morgan fingerprint density at radius 3 is 2.68 bits per heavy atom. The van der Waals surface area contributed by atoms with Crippen LogP contribution in [0.4, 0.5) is 4.39 Å². The molecule has 0 fully saturated rings. The van der Waals surface area contributed by atoms with Gasteiger partial charge in [0.1, 0.15) is 5.82 Å². The summed E-state index contributed by atoms with van der Waals surface area (Å²) in [5.41, 5.74) is 0.987. The number of benzene rings is 2. The van der Waals surface area contributed by atoms with Crippen LogP contribution in [0.3, 0.4) is 0 Å². The first kappa shape index (κ1) is 14.3. The molecule has 0 unspecified atom stereocenters. The minimum atomic E-state index is -0.325. The van der Waals surface area contributed by atoms with E-state index in [1.807, 2.05) is 22.6 Å². The monoisotopic (exact) mass is 389 g/mol. The number of nitrogens with one attached hydrogen (secondary N) is 1. The van der Waals surface area contributed by atoms with Gasteiger partial charge in [-0.2, -0.15) is 0 Å². The van der Waals surface area contributed by atoms with E-state index in [1.165, 1.54) is 6.07 Å². The van der Waals surface area contributed by atoms with Crippen LogP contribution in [-0.4, -0.2) is 5.91 Å². The van der Waals surface area contributed by atoms with Crippen molar-refractivity contribution in [2.45, 2.75) is 6.54 Å². The van der Waals surface area contributed by atoms with Gasteiger partial charge in [-0.1, -0.05) is 29.8 Å². The average Bonchev–Trinajstić information content (AvgIpc) is 2.37. The quantitative estimate of drug-likeness (QED) is 0.790. The van der Waals surface area contributed by atoms with Crippen molar-refractivity contribution >= 4 is 40.1 Å². The van der Waals surface area contributed by atoms with Crippen molar-refractivity contribution in [1.29, 1.82) is 0 Å². The number of rotatable bonds is 3. The predicted molar refractivity (Wildman–Crippen MR) is 81.7 cm³/mol.